The number of morpholine rings is 1. The number of nitriles is 1. The first-order valence-corrected chi connectivity index (χ1v) is 7.50. The molecule has 2 heterocycles. The summed E-state index contributed by atoms with van der Waals surface area (Å²) in [4.78, 5) is 7.04. The number of hydrogen-bond donors (Lipinski definition) is 0. The predicted molar refractivity (Wildman–Crippen MR) is 77.8 cm³/mol. The zero-order valence-electron chi connectivity index (χ0n) is 12.2. The van der Waals surface area contributed by atoms with Gasteiger partial charge >= 0.3 is 0 Å². The number of nitrogens with zero attached hydrogens (tertiary/aromatic N) is 3. The molecular weight excluding hydrogens is 250 g/mol. The summed E-state index contributed by atoms with van der Waals surface area (Å²) in [6.07, 6.45) is 4.90. The Kier molecular flexibility index (Phi) is 3.62. The van der Waals surface area contributed by atoms with E-state index < -0.39 is 0 Å². The lowest BCUT2D eigenvalue weighted by molar-refractivity contribution is -0.00548. The highest BCUT2D eigenvalue weighted by molar-refractivity contribution is 5.57. The normalized spacial score (nSPS) is 25.9. The van der Waals surface area contributed by atoms with Crippen molar-refractivity contribution in [1.29, 1.82) is 5.26 Å². The molecular formula is C16H21N3O. The first-order chi connectivity index (χ1) is 9.67. The first-order valence-electron chi connectivity index (χ1n) is 7.50. The summed E-state index contributed by atoms with van der Waals surface area (Å²) >= 11 is 0. The van der Waals surface area contributed by atoms with E-state index in [0.29, 0.717) is 5.56 Å². The SMILES string of the molecule is C[C@@H]1CN(c2nc3c(cc2C#N)CCCC3)C[C@H](C)O1. The van der Waals surface area contributed by atoms with Crippen LogP contribution in [0.5, 0.6) is 0 Å². The van der Waals surface area contributed by atoms with Crippen molar-refractivity contribution in [3.63, 3.8) is 0 Å². The zero-order valence-corrected chi connectivity index (χ0v) is 12.2. The van der Waals surface area contributed by atoms with Crippen molar-refractivity contribution in [2.75, 3.05) is 18.0 Å². The smallest absolute Gasteiger partial charge is 0.147 e. The van der Waals surface area contributed by atoms with Crippen LogP contribution in [0.25, 0.3) is 0 Å². The molecule has 1 aromatic rings. The Balaban J connectivity index is 1.97. The third-order valence-corrected chi connectivity index (χ3v) is 4.12. The van der Waals surface area contributed by atoms with Crippen LogP contribution in [0.15, 0.2) is 6.07 Å². The van der Waals surface area contributed by atoms with Crippen molar-refractivity contribution in [3.8, 4) is 6.07 Å². The summed E-state index contributed by atoms with van der Waals surface area (Å²) in [5.41, 5.74) is 3.18. The van der Waals surface area contributed by atoms with E-state index in [-0.39, 0.29) is 12.2 Å². The van der Waals surface area contributed by atoms with E-state index in [2.05, 4.69) is 30.9 Å². The third-order valence-electron chi connectivity index (χ3n) is 4.12. The van der Waals surface area contributed by atoms with E-state index >= 15 is 0 Å². The van der Waals surface area contributed by atoms with Gasteiger partial charge in [0.05, 0.1) is 17.8 Å². The Morgan fingerprint density at radius 3 is 2.65 bits per heavy atom. The van der Waals surface area contributed by atoms with Gasteiger partial charge in [0.25, 0.3) is 0 Å². The minimum atomic E-state index is 0.183. The number of pyridine rings is 1. The summed E-state index contributed by atoms with van der Waals surface area (Å²) in [6.45, 7) is 5.77. The fourth-order valence-electron chi connectivity index (χ4n) is 3.30. The monoisotopic (exact) mass is 271 g/mol. The molecule has 0 aromatic carbocycles. The van der Waals surface area contributed by atoms with Crippen molar-refractivity contribution in [2.45, 2.75) is 51.7 Å². The third kappa shape index (κ3) is 2.51. The summed E-state index contributed by atoms with van der Waals surface area (Å²) in [5.74, 6) is 0.857. The van der Waals surface area contributed by atoms with Crippen molar-refractivity contribution in [2.24, 2.45) is 0 Å². The van der Waals surface area contributed by atoms with E-state index in [1.807, 2.05) is 0 Å². The van der Waals surface area contributed by atoms with Crippen LogP contribution in [-0.2, 0) is 17.6 Å². The Morgan fingerprint density at radius 1 is 1.25 bits per heavy atom. The van der Waals surface area contributed by atoms with Gasteiger partial charge in [0.15, 0.2) is 0 Å². The maximum Gasteiger partial charge on any atom is 0.147 e. The van der Waals surface area contributed by atoms with Crippen molar-refractivity contribution >= 4 is 5.82 Å². The molecule has 0 unspecified atom stereocenters. The highest BCUT2D eigenvalue weighted by Crippen LogP contribution is 2.28. The van der Waals surface area contributed by atoms with Crippen LogP contribution < -0.4 is 4.90 Å². The highest BCUT2D eigenvalue weighted by Gasteiger charge is 2.26. The topological polar surface area (TPSA) is 49.2 Å². The Bertz CT molecular complexity index is 539. The van der Waals surface area contributed by atoms with Gasteiger partial charge in [-0.1, -0.05) is 0 Å². The van der Waals surface area contributed by atoms with E-state index in [1.165, 1.54) is 24.1 Å². The second-order valence-electron chi connectivity index (χ2n) is 5.95. The Labute approximate surface area is 120 Å². The van der Waals surface area contributed by atoms with Crippen molar-refractivity contribution in [3.05, 3.63) is 22.9 Å². The lowest BCUT2D eigenvalue weighted by Crippen LogP contribution is -2.46. The molecule has 1 saturated heterocycles. The summed E-state index contributed by atoms with van der Waals surface area (Å²) in [7, 11) is 0. The lowest BCUT2D eigenvalue weighted by Gasteiger charge is -2.36. The van der Waals surface area contributed by atoms with Gasteiger partial charge in [-0.05, 0) is 51.2 Å². The molecule has 106 valence electrons. The fourth-order valence-corrected chi connectivity index (χ4v) is 3.30. The lowest BCUT2D eigenvalue weighted by atomic mass is 9.94. The van der Waals surface area contributed by atoms with Gasteiger partial charge in [-0.3, -0.25) is 0 Å². The predicted octanol–water partition coefficient (Wildman–Crippen LogP) is 2.45. The van der Waals surface area contributed by atoms with Crippen molar-refractivity contribution in [1.82, 2.24) is 4.98 Å². The van der Waals surface area contributed by atoms with E-state index in [4.69, 9.17) is 9.72 Å². The summed E-state index contributed by atoms with van der Waals surface area (Å²) in [6, 6.07) is 4.38. The highest BCUT2D eigenvalue weighted by atomic mass is 16.5. The molecule has 2 atom stereocenters. The number of rotatable bonds is 1. The second kappa shape index (κ2) is 5.41. The van der Waals surface area contributed by atoms with E-state index in [0.717, 1.165) is 31.7 Å². The van der Waals surface area contributed by atoms with Gasteiger partial charge in [-0.15, -0.1) is 0 Å². The molecule has 0 amide bonds. The van der Waals surface area contributed by atoms with Crippen LogP contribution in [-0.4, -0.2) is 30.3 Å². The zero-order chi connectivity index (χ0) is 14.1. The molecule has 1 fully saturated rings. The molecule has 4 heteroatoms. The van der Waals surface area contributed by atoms with E-state index in [9.17, 15) is 5.26 Å². The van der Waals surface area contributed by atoms with Gasteiger partial charge in [0.2, 0.25) is 0 Å². The average Bonchev–Trinajstić information content (AvgIpc) is 2.44. The molecule has 20 heavy (non-hydrogen) atoms. The molecule has 4 nitrogen and oxygen atoms in total. The van der Waals surface area contributed by atoms with Crippen LogP contribution in [0, 0.1) is 11.3 Å². The Hall–Kier alpha value is -1.60. The molecule has 1 aliphatic carbocycles. The largest absolute Gasteiger partial charge is 0.372 e. The summed E-state index contributed by atoms with van der Waals surface area (Å²) < 4.78 is 5.77. The van der Waals surface area contributed by atoms with Gasteiger partial charge < -0.3 is 9.64 Å². The average molecular weight is 271 g/mol. The van der Waals surface area contributed by atoms with Crippen LogP contribution >= 0.6 is 0 Å². The van der Waals surface area contributed by atoms with Crippen LogP contribution in [0.2, 0.25) is 0 Å². The first kappa shape index (κ1) is 13.4. The maximum atomic E-state index is 9.43. The Morgan fingerprint density at radius 2 is 1.95 bits per heavy atom. The molecule has 2 aliphatic rings. The van der Waals surface area contributed by atoms with E-state index in [1.54, 1.807) is 0 Å². The minimum absolute atomic E-state index is 0.183. The number of ether oxygens (including phenoxy) is 1. The van der Waals surface area contributed by atoms with Gasteiger partial charge in [0.1, 0.15) is 11.9 Å². The van der Waals surface area contributed by atoms with Gasteiger partial charge in [-0.25, -0.2) is 4.98 Å². The van der Waals surface area contributed by atoms with Crippen LogP contribution in [0.3, 0.4) is 0 Å². The van der Waals surface area contributed by atoms with Gasteiger partial charge in [0, 0.05) is 18.8 Å². The molecule has 3 rings (SSSR count). The van der Waals surface area contributed by atoms with Crippen LogP contribution in [0.4, 0.5) is 5.82 Å². The standard InChI is InChI=1S/C16H21N3O/c1-11-9-19(10-12(2)20-11)16-14(8-17)7-13-5-3-4-6-15(13)18-16/h7,11-12H,3-6,9-10H2,1-2H3/t11-,12+. The fraction of sp³-hybridized carbons (Fsp3) is 0.625. The minimum Gasteiger partial charge on any atom is -0.372 e. The maximum absolute atomic E-state index is 9.43. The summed E-state index contributed by atoms with van der Waals surface area (Å²) in [5, 5.41) is 9.43. The second-order valence-corrected chi connectivity index (χ2v) is 5.95. The number of hydrogen-bond acceptors (Lipinski definition) is 4. The quantitative estimate of drug-likeness (QED) is 0.787. The molecule has 0 radical (unpaired) electrons. The van der Waals surface area contributed by atoms with Crippen LogP contribution in [0.1, 0.15) is 43.5 Å². The molecule has 0 N–H and O–H groups in total. The number of aromatic nitrogens is 1. The molecule has 1 aromatic heterocycles. The number of aryl methyl sites for hydroxylation is 2. The number of anilines is 1. The van der Waals surface area contributed by atoms with Gasteiger partial charge in [-0.2, -0.15) is 5.26 Å². The molecule has 0 spiro atoms. The number of fused-ring (bicyclic) bond motifs is 1. The molecule has 0 saturated carbocycles. The molecule has 1 aliphatic heterocycles. The molecule has 0 bridgehead atoms. The van der Waals surface area contributed by atoms with Crippen molar-refractivity contribution < 1.29 is 4.74 Å².